The second-order valence-electron chi connectivity index (χ2n) is 7.91. The zero-order valence-electron chi connectivity index (χ0n) is 17.8. The maximum Gasteiger partial charge on any atom is 0.292 e. The zero-order chi connectivity index (χ0) is 22.2. The number of hydrogen-bond acceptors (Lipinski definition) is 5. The molecule has 1 amide bonds. The molecule has 2 aromatic carbocycles. The van der Waals surface area contributed by atoms with Gasteiger partial charge in [-0.05, 0) is 32.4 Å². The van der Waals surface area contributed by atoms with Crippen LogP contribution in [0, 0.1) is 20.8 Å². The fraction of sp³-hybridized carbons (Fsp3) is 0.304. The van der Waals surface area contributed by atoms with Crippen LogP contribution >= 0.6 is 0 Å². The van der Waals surface area contributed by atoms with Crippen LogP contribution in [0.5, 0.6) is 0 Å². The van der Waals surface area contributed by atoms with Crippen LogP contribution in [0.3, 0.4) is 0 Å². The predicted octanol–water partition coefficient (Wildman–Crippen LogP) is 3.41. The van der Waals surface area contributed by atoms with Gasteiger partial charge in [0.25, 0.3) is 5.91 Å². The van der Waals surface area contributed by atoms with Gasteiger partial charge in [0, 0.05) is 37.8 Å². The fourth-order valence-corrected chi connectivity index (χ4v) is 5.38. The van der Waals surface area contributed by atoms with Gasteiger partial charge in [0.05, 0.1) is 4.90 Å². The molecule has 0 spiro atoms. The molecule has 1 aromatic heterocycles. The molecule has 1 saturated heterocycles. The lowest BCUT2D eigenvalue weighted by molar-refractivity contribution is 0.0656. The van der Waals surface area contributed by atoms with Crippen LogP contribution in [0.2, 0.25) is 0 Å². The summed E-state index contributed by atoms with van der Waals surface area (Å²) in [6.45, 7) is 6.80. The van der Waals surface area contributed by atoms with Crippen molar-refractivity contribution in [3.8, 4) is 11.3 Å². The molecule has 1 aliphatic heterocycles. The number of aryl methyl sites for hydroxylation is 3. The van der Waals surface area contributed by atoms with Crippen LogP contribution in [0.4, 0.5) is 0 Å². The summed E-state index contributed by atoms with van der Waals surface area (Å²) in [6.07, 6.45) is 0. The number of piperazine rings is 1. The van der Waals surface area contributed by atoms with Crippen LogP contribution in [0.15, 0.2) is 57.9 Å². The van der Waals surface area contributed by atoms with E-state index in [9.17, 15) is 13.2 Å². The molecule has 2 heterocycles. The Morgan fingerprint density at radius 2 is 1.55 bits per heavy atom. The van der Waals surface area contributed by atoms with Gasteiger partial charge in [-0.3, -0.25) is 4.79 Å². The third-order valence-corrected chi connectivity index (χ3v) is 7.60. The highest BCUT2D eigenvalue weighted by molar-refractivity contribution is 7.89. The largest absolute Gasteiger partial charge is 0.350 e. The quantitative estimate of drug-likeness (QED) is 0.622. The lowest BCUT2D eigenvalue weighted by Gasteiger charge is -2.33. The highest BCUT2D eigenvalue weighted by Gasteiger charge is 2.32. The molecular weight excluding hydrogens is 414 g/mol. The topological polar surface area (TPSA) is 83.7 Å². The summed E-state index contributed by atoms with van der Waals surface area (Å²) < 4.78 is 32.8. The van der Waals surface area contributed by atoms with Crippen LogP contribution in [-0.2, 0) is 10.0 Å². The minimum Gasteiger partial charge on any atom is -0.350 e. The van der Waals surface area contributed by atoms with Gasteiger partial charge in [-0.2, -0.15) is 4.31 Å². The average molecular weight is 440 g/mol. The maximum absolute atomic E-state index is 13.0. The van der Waals surface area contributed by atoms with Crippen molar-refractivity contribution in [3.63, 3.8) is 0 Å². The first-order valence-electron chi connectivity index (χ1n) is 10.2. The summed E-state index contributed by atoms with van der Waals surface area (Å²) in [4.78, 5) is 14.8. The van der Waals surface area contributed by atoms with Crippen molar-refractivity contribution in [1.82, 2.24) is 14.4 Å². The van der Waals surface area contributed by atoms with Crippen LogP contribution in [-0.4, -0.2) is 54.9 Å². The number of hydrogen-bond donors (Lipinski definition) is 0. The number of nitrogens with zero attached hydrogens (tertiary/aromatic N) is 3. The molecule has 0 N–H and O–H groups in total. The summed E-state index contributed by atoms with van der Waals surface area (Å²) >= 11 is 0. The monoisotopic (exact) mass is 439 g/mol. The van der Waals surface area contributed by atoms with Gasteiger partial charge < -0.3 is 9.42 Å². The van der Waals surface area contributed by atoms with Gasteiger partial charge in [0.1, 0.15) is 5.69 Å². The Hall–Kier alpha value is -2.97. The summed E-state index contributed by atoms with van der Waals surface area (Å²) in [7, 11) is -3.60. The molecule has 0 aliphatic carbocycles. The standard InChI is InChI=1S/C23H25N3O4S/c1-16-4-7-19(8-5-16)20-15-21(30-24-20)23(27)25-10-12-26(13-11-25)31(28,29)22-9-6-17(2)14-18(22)3/h4-9,14-15H,10-13H2,1-3H3. The van der Waals surface area contributed by atoms with Gasteiger partial charge >= 0.3 is 0 Å². The van der Waals surface area contributed by atoms with E-state index in [-0.39, 0.29) is 24.8 Å². The summed E-state index contributed by atoms with van der Waals surface area (Å²) in [5, 5.41) is 4.01. The maximum atomic E-state index is 13.0. The second kappa shape index (κ2) is 8.28. The van der Waals surface area contributed by atoms with E-state index < -0.39 is 10.0 Å². The molecule has 0 bridgehead atoms. The average Bonchev–Trinajstić information content (AvgIpc) is 3.24. The smallest absolute Gasteiger partial charge is 0.292 e. The minimum atomic E-state index is -3.60. The number of carbonyl (C=O) groups is 1. The lowest BCUT2D eigenvalue weighted by atomic mass is 10.1. The highest BCUT2D eigenvalue weighted by Crippen LogP contribution is 2.24. The lowest BCUT2D eigenvalue weighted by Crippen LogP contribution is -2.50. The Morgan fingerprint density at radius 1 is 0.903 bits per heavy atom. The summed E-state index contributed by atoms with van der Waals surface area (Å²) in [5.41, 5.74) is 4.35. The molecule has 31 heavy (non-hydrogen) atoms. The van der Waals surface area contributed by atoms with E-state index in [1.54, 1.807) is 30.0 Å². The molecule has 3 aromatic rings. The van der Waals surface area contributed by atoms with Crippen molar-refractivity contribution in [3.05, 3.63) is 71.0 Å². The first kappa shape index (κ1) is 21.3. The number of carbonyl (C=O) groups excluding carboxylic acids is 1. The number of rotatable bonds is 4. The van der Waals surface area contributed by atoms with Crippen molar-refractivity contribution in [1.29, 1.82) is 0 Å². The molecule has 0 unspecified atom stereocenters. The van der Waals surface area contributed by atoms with Gasteiger partial charge in [0.2, 0.25) is 15.8 Å². The molecule has 1 aliphatic rings. The third-order valence-electron chi connectivity index (χ3n) is 5.54. The molecule has 7 nitrogen and oxygen atoms in total. The van der Waals surface area contributed by atoms with Gasteiger partial charge in [-0.15, -0.1) is 0 Å². The van der Waals surface area contributed by atoms with E-state index in [0.717, 1.165) is 22.3 Å². The zero-order valence-corrected chi connectivity index (χ0v) is 18.6. The molecule has 4 rings (SSSR count). The van der Waals surface area contributed by atoms with Crippen molar-refractivity contribution in [2.24, 2.45) is 0 Å². The Kier molecular flexibility index (Phi) is 5.68. The van der Waals surface area contributed by atoms with E-state index in [2.05, 4.69) is 5.16 Å². The molecule has 162 valence electrons. The van der Waals surface area contributed by atoms with Crippen LogP contribution in [0.1, 0.15) is 27.2 Å². The number of aromatic nitrogens is 1. The number of amides is 1. The third kappa shape index (κ3) is 4.26. The number of sulfonamides is 1. The van der Waals surface area contributed by atoms with E-state index >= 15 is 0 Å². The van der Waals surface area contributed by atoms with Crippen LogP contribution in [0.25, 0.3) is 11.3 Å². The van der Waals surface area contributed by atoms with Crippen molar-refractivity contribution >= 4 is 15.9 Å². The van der Waals surface area contributed by atoms with Crippen molar-refractivity contribution in [2.45, 2.75) is 25.7 Å². The van der Waals surface area contributed by atoms with Gasteiger partial charge in [0.15, 0.2) is 0 Å². The first-order valence-corrected chi connectivity index (χ1v) is 11.6. The number of benzene rings is 2. The van der Waals surface area contributed by atoms with E-state index in [1.165, 1.54) is 4.31 Å². The van der Waals surface area contributed by atoms with E-state index in [0.29, 0.717) is 23.7 Å². The molecular formula is C23H25N3O4S. The molecule has 0 radical (unpaired) electrons. The fourth-order valence-electron chi connectivity index (χ4n) is 3.75. The van der Waals surface area contributed by atoms with Crippen molar-refractivity contribution in [2.75, 3.05) is 26.2 Å². The predicted molar refractivity (Wildman–Crippen MR) is 117 cm³/mol. The summed E-state index contributed by atoms with van der Waals surface area (Å²) in [5.74, 6) is -0.129. The SMILES string of the molecule is Cc1ccc(-c2cc(C(=O)N3CCN(S(=O)(=O)c4ccc(C)cc4C)CC3)on2)cc1. The van der Waals surface area contributed by atoms with Crippen molar-refractivity contribution < 1.29 is 17.7 Å². The normalized spacial score (nSPS) is 15.3. The molecule has 1 fully saturated rings. The van der Waals surface area contributed by atoms with E-state index in [1.807, 2.05) is 44.2 Å². The van der Waals surface area contributed by atoms with Gasteiger partial charge in [-0.25, -0.2) is 8.42 Å². The molecule has 0 atom stereocenters. The summed E-state index contributed by atoms with van der Waals surface area (Å²) in [6, 6.07) is 14.7. The Labute approximate surface area is 182 Å². The minimum absolute atomic E-state index is 0.154. The van der Waals surface area contributed by atoms with E-state index in [4.69, 9.17) is 4.52 Å². The second-order valence-corrected chi connectivity index (χ2v) is 9.81. The Morgan fingerprint density at radius 3 is 2.19 bits per heavy atom. The Bertz CT molecular complexity index is 1210. The molecule has 0 saturated carbocycles. The van der Waals surface area contributed by atoms with Gasteiger partial charge in [-0.1, -0.05) is 52.7 Å². The molecule has 8 heteroatoms. The Balaban J connectivity index is 1.44. The highest BCUT2D eigenvalue weighted by atomic mass is 32.2. The first-order chi connectivity index (χ1) is 14.8. The van der Waals surface area contributed by atoms with Crippen LogP contribution < -0.4 is 0 Å².